The molecular formula is C12H17N5. The minimum Gasteiger partial charge on any atom is -0.345 e. The molecular weight excluding hydrogens is 214 g/mol. The van der Waals surface area contributed by atoms with E-state index in [1.165, 1.54) is 11.1 Å². The molecule has 0 spiro atoms. The second-order valence-corrected chi connectivity index (χ2v) is 5.09. The summed E-state index contributed by atoms with van der Waals surface area (Å²) < 4.78 is 0. The summed E-state index contributed by atoms with van der Waals surface area (Å²) in [4.78, 5) is 7.70. The zero-order valence-electron chi connectivity index (χ0n) is 10.6. The normalized spacial score (nSPS) is 26.8. The lowest BCUT2D eigenvalue weighted by molar-refractivity contribution is 0.322. The van der Waals surface area contributed by atoms with E-state index in [1.807, 2.05) is 12.1 Å². The fourth-order valence-corrected chi connectivity index (χ4v) is 2.89. The predicted octanol–water partition coefficient (Wildman–Crippen LogP) is 0.450. The van der Waals surface area contributed by atoms with Gasteiger partial charge < -0.3 is 4.98 Å². The summed E-state index contributed by atoms with van der Waals surface area (Å²) in [5.74, 6) is 0.459. The molecule has 0 amide bonds. The summed E-state index contributed by atoms with van der Waals surface area (Å²) >= 11 is 0. The number of rotatable bonds is 1. The van der Waals surface area contributed by atoms with E-state index in [4.69, 9.17) is 0 Å². The number of H-pyrrole nitrogens is 1. The molecule has 5 nitrogen and oxygen atoms in total. The number of nitrogens with one attached hydrogen (secondary N) is 1. The van der Waals surface area contributed by atoms with Crippen LogP contribution in [-0.2, 0) is 0 Å². The highest BCUT2D eigenvalue weighted by Crippen LogP contribution is 2.32. The standard InChI is InChI=1S/C12H17N5/c1-6(2)8-11-9(13-5-14-11)7(3)10-12(8)17(4)16-15-10/h5-6,10,12H,1-4H3,(H,13,14). The van der Waals surface area contributed by atoms with Crippen LogP contribution in [0.1, 0.15) is 20.8 Å². The Hall–Kier alpha value is -1.65. The van der Waals surface area contributed by atoms with Gasteiger partial charge >= 0.3 is 0 Å². The highest BCUT2D eigenvalue weighted by atomic mass is 15.6. The molecule has 2 unspecified atom stereocenters. The van der Waals surface area contributed by atoms with Crippen LogP contribution in [0.25, 0.3) is 11.1 Å². The summed E-state index contributed by atoms with van der Waals surface area (Å²) in [6.45, 7) is 6.53. The highest BCUT2D eigenvalue weighted by Gasteiger charge is 2.39. The topological polar surface area (TPSA) is 56.6 Å². The second kappa shape index (κ2) is 3.42. The summed E-state index contributed by atoms with van der Waals surface area (Å²) in [6, 6.07) is 0.385. The summed E-state index contributed by atoms with van der Waals surface area (Å²) in [7, 11) is 1.99. The number of fused-ring (bicyclic) bond motifs is 2. The van der Waals surface area contributed by atoms with Crippen molar-refractivity contribution in [1.29, 1.82) is 0 Å². The Morgan fingerprint density at radius 1 is 1.41 bits per heavy atom. The number of imidazole rings is 1. The van der Waals surface area contributed by atoms with Gasteiger partial charge in [0.15, 0.2) is 0 Å². The van der Waals surface area contributed by atoms with E-state index < -0.39 is 0 Å². The summed E-state index contributed by atoms with van der Waals surface area (Å²) in [5, 5.41) is 12.8. The molecule has 17 heavy (non-hydrogen) atoms. The van der Waals surface area contributed by atoms with Gasteiger partial charge in [0.1, 0.15) is 12.1 Å². The van der Waals surface area contributed by atoms with Gasteiger partial charge in [0, 0.05) is 7.05 Å². The first-order valence-corrected chi connectivity index (χ1v) is 5.99. The highest BCUT2D eigenvalue weighted by molar-refractivity contribution is 5.65. The maximum Gasteiger partial charge on any atom is 0.122 e. The van der Waals surface area contributed by atoms with E-state index in [-0.39, 0.29) is 12.1 Å². The predicted molar refractivity (Wildman–Crippen MR) is 65.4 cm³/mol. The first-order chi connectivity index (χ1) is 8.11. The monoisotopic (exact) mass is 231 g/mol. The van der Waals surface area contributed by atoms with Crippen molar-refractivity contribution >= 4 is 11.1 Å². The van der Waals surface area contributed by atoms with Gasteiger partial charge in [0.05, 0.1) is 17.0 Å². The number of likely N-dealkylation sites (N-methyl/N-ethyl adjacent to an activating group) is 1. The molecule has 0 saturated carbocycles. The smallest absolute Gasteiger partial charge is 0.122 e. The number of aromatic nitrogens is 2. The Bertz CT molecular complexity index is 595. The molecule has 1 aliphatic carbocycles. The van der Waals surface area contributed by atoms with Crippen LogP contribution in [0, 0.1) is 5.92 Å². The Labute approximate surface area is 99.9 Å². The SMILES string of the molecule is CC1=c2nc[nH]c2=C(C(C)C)C2C1N=NN2C. The van der Waals surface area contributed by atoms with E-state index >= 15 is 0 Å². The van der Waals surface area contributed by atoms with Crippen molar-refractivity contribution in [3.8, 4) is 0 Å². The molecule has 1 N–H and O–H groups in total. The van der Waals surface area contributed by atoms with E-state index in [0.29, 0.717) is 5.92 Å². The summed E-state index contributed by atoms with van der Waals surface area (Å²) in [6.07, 6.45) is 1.77. The third-order valence-corrected chi connectivity index (χ3v) is 3.70. The van der Waals surface area contributed by atoms with Crippen molar-refractivity contribution in [3.63, 3.8) is 0 Å². The van der Waals surface area contributed by atoms with Crippen molar-refractivity contribution in [2.75, 3.05) is 7.05 Å². The zero-order valence-corrected chi connectivity index (χ0v) is 10.6. The molecule has 5 heteroatoms. The lowest BCUT2D eigenvalue weighted by atomic mass is 9.84. The lowest BCUT2D eigenvalue weighted by Crippen LogP contribution is -2.48. The molecule has 0 radical (unpaired) electrons. The molecule has 1 aromatic heterocycles. The molecule has 1 aromatic rings. The van der Waals surface area contributed by atoms with Gasteiger partial charge in [-0.1, -0.05) is 19.1 Å². The molecule has 0 saturated heterocycles. The Morgan fingerprint density at radius 2 is 2.18 bits per heavy atom. The van der Waals surface area contributed by atoms with E-state index in [2.05, 4.69) is 41.1 Å². The fourth-order valence-electron chi connectivity index (χ4n) is 2.89. The minimum absolute atomic E-state index is 0.133. The molecule has 0 bridgehead atoms. The van der Waals surface area contributed by atoms with Gasteiger partial charge in [0.25, 0.3) is 0 Å². The molecule has 1 aliphatic heterocycles. The Morgan fingerprint density at radius 3 is 2.88 bits per heavy atom. The van der Waals surface area contributed by atoms with Crippen LogP contribution in [0.2, 0.25) is 0 Å². The number of nitrogens with zero attached hydrogens (tertiary/aromatic N) is 4. The molecule has 0 aromatic carbocycles. The minimum atomic E-state index is 0.133. The third-order valence-electron chi connectivity index (χ3n) is 3.70. The number of aromatic amines is 1. The van der Waals surface area contributed by atoms with Crippen molar-refractivity contribution in [2.24, 2.45) is 16.3 Å². The molecule has 3 rings (SSSR count). The average molecular weight is 231 g/mol. The van der Waals surface area contributed by atoms with Gasteiger partial charge in [-0.3, -0.25) is 5.01 Å². The largest absolute Gasteiger partial charge is 0.345 e. The van der Waals surface area contributed by atoms with Crippen LogP contribution in [-0.4, -0.2) is 34.1 Å². The molecule has 2 heterocycles. The van der Waals surface area contributed by atoms with Crippen LogP contribution in [0.5, 0.6) is 0 Å². The Kier molecular flexibility index (Phi) is 2.11. The lowest BCUT2D eigenvalue weighted by Gasteiger charge is -2.29. The van der Waals surface area contributed by atoms with Crippen LogP contribution in [0.4, 0.5) is 0 Å². The molecule has 0 fully saturated rings. The van der Waals surface area contributed by atoms with E-state index in [1.54, 1.807) is 6.33 Å². The third kappa shape index (κ3) is 1.28. The summed E-state index contributed by atoms with van der Waals surface area (Å²) in [5.41, 5.74) is 2.57. The van der Waals surface area contributed by atoms with Gasteiger partial charge in [0.2, 0.25) is 0 Å². The van der Waals surface area contributed by atoms with Gasteiger partial charge in [-0.05, 0) is 24.0 Å². The van der Waals surface area contributed by atoms with Gasteiger partial charge in [-0.25, -0.2) is 4.98 Å². The maximum absolute atomic E-state index is 4.42. The van der Waals surface area contributed by atoms with Gasteiger partial charge in [-0.15, -0.1) is 0 Å². The van der Waals surface area contributed by atoms with Crippen molar-refractivity contribution < 1.29 is 0 Å². The van der Waals surface area contributed by atoms with E-state index in [0.717, 1.165) is 10.7 Å². The van der Waals surface area contributed by atoms with Crippen molar-refractivity contribution in [3.05, 3.63) is 17.0 Å². The fraction of sp³-hybridized carbons (Fsp3) is 0.583. The number of hydrogen-bond acceptors (Lipinski definition) is 4. The molecule has 2 atom stereocenters. The van der Waals surface area contributed by atoms with Crippen LogP contribution >= 0.6 is 0 Å². The quantitative estimate of drug-likeness (QED) is 0.763. The number of hydrogen-bond donors (Lipinski definition) is 1. The molecule has 90 valence electrons. The second-order valence-electron chi connectivity index (χ2n) is 5.09. The van der Waals surface area contributed by atoms with Crippen LogP contribution < -0.4 is 10.7 Å². The van der Waals surface area contributed by atoms with Crippen LogP contribution in [0.15, 0.2) is 16.7 Å². The zero-order chi connectivity index (χ0) is 12.2. The first-order valence-electron chi connectivity index (χ1n) is 5.99. The average Bonchev–Trinajstić information content (AvgIpc) is 2.87. The van der Waals surface area contributed by atoms with Crippen LogP contribution in [0.3, 0.4) is 0 Å². The van der Waals surface area contributed by atoms with Crippen molar-refractivity contribution in [1.82, 2.24) is 15.0 Å². The first kappa shape index (κ1) is 10.5. The van der Waals surface area contributed by atoms with E-state index in [9.17, 15) is 0 Å². The molecule has 2 aliphatic rings. The van der Waals surface area contributed by atoms with Gasteiger partial charge in [-0.2, -0.15) is 5.11 Å². The Balaban J connectivity index is 2.37. The maximum atomic E-state index is 4.42. The van der Waals surface area contributed by atoms with Crippen molar-refractivity contribution in [2.45, 2.75) is 32.9 Å².